The molecule has 2 rings (SSSR count). The summed E-state index contributed by atoms with van der Waals surface area (Å²) in [4.78, 5) is 12.1. The van der Waals surface area contributed by atoms with E-state index in [1.807, 2.05) is 77.5 Å². The molecular formula is C20H32BNO6S. The lowest BCUT2D eigenvalue weighted by molar-refractivity contribution is -0.126. The minimum atomic E-state index is -3.62. The zero-order valence-corrected chi connectivity index (χ0v) is 19.3. The van der Waals surface area contributed by atoms with E-state index in [4.69, 9.17) is 14.0 Å². The van der Waals surface area contributed by atoms with Gasteiger partial charge < -0.3 is 14.0 Å². The molecule has 1 atom stereocenters. The molecule has 1 heterocycles. The first-order chi connectivity index (χ1) is 13.0. The van der Waals surface area contributed by atoms with Gasteiger partial charge in [-0.2, -0.15) is 0 Å². The van der Waals surface area contributed by atoms with Crippen LogP contribution in [-0.4, -0.2) is 44.5 Å². The first-order valence-electron chi connectivity index (χ1n) is 9.63. The number of nitrogens with one attached hydrogen (secondary N) is 1. The highest BCUT2D eigenvalue weighted by atomic mass is 32.2. The smallest absolute Gasteiger partial charge is 0.399 e. The fourth-order valence-corrected chi connectivity index (χ4v) is 3.42. The topological polar surface area (TPSA) is 90.9 Å². The number of benzene rings is 1. The molecule has 162 valence electrons. The molecule has 7 nitrogen and oxygen atoms in total. The van der Waals surface area contributed by atoms with Gasteiger partial charge in [0, 0.05) is 0 Å². The van der Waals surface area contributed by atoms with E-state index in [0.29, 0.717) is 0 Å². The number of amides is 1. The quantitative estimate of drug-likeness (QED) is 0.704. The highest BCUT2D eigenvalue weighted by molar-refractivity contribution is 7.89. The first-order valence-corrected chi connectivity index (χ1v) is 11.5. The van der Waals surface area contributed by atoms with E-state index < -0.39 is 46.0 Å². The van der Waals surface area contributed by atoms with E-state index in [2.05, 4.69) is 0 Å². The maximum atomic E-state index is 12.1. The summed E-state index contributed by atoms with van der Waals surface area (Å²) < 4.78 is 42.8. The van der Waals surface area contributed by atoms with Crippen molar-refractivity contribution in [3.8, 4) is 0 Å². The van der Waals surface area contributed by atoms with Gasteiger partial charge in [-0.3, -0.25) is 9.52 Å². The van der Waals surface area contributed by atoms with Crippen LogP contribution in [0.4, 0.5) is 0 Å². The Kier molecular flexibility index (Phi) is 6.60. The lowest BCUT2D eigenvalue weighted by Gasteiger charge is -2.32. The highest BCUT2D eigenvalue weighted by Crippen LogP contribution is 2.36. The van der Waals surface area contributed by atoms with Gasteiger partial charge in [-0.25, -0.2) is 8.42 Å². The largest absolute Gasteiger partial charge is 0.494 e. The molecule has 0 saturated carbocycles. The molecular weight excluding hydrogens is 393 g/mol. The van der Waals surface area contributed by atoms with Crippen molar-refractivity contribution in [3.05, 3.63) is 29.8 Å². The molecule has 1 saturated heterocycles. The number of hydrogen-bond acceptors (Lipinski definition) is 6. The predicted molar refractivity (Wildman–Crippen MR) is 113 cm³/mol. The zero-order valence-electron chi connectivity index (χ0n) is 18.5. The standard InChI is InChI=1S/C20H32BNO6S/c1-18(2,3)26-16(13-17(23)22-29(8,24)25)14-9-11-15(12-10-14)21-27-19(4,5)20(6,7)28-21/h9-12,16H,13H2,1-8H3,(H,22,23). The molecule has 1 aliphatic rings. The van der Waals surface area contributed by atoms with E-state index in [9.17, 15) is 13.2 Å². The van der Waals surface area contributed by atoms with Crippen LogP contribution in [0.2, 0.25) is 0 Å². The fourth-order valence-electron chi connectivity index (χ4n) is 2.92. The van der Waals surface area contributed by atoms with Crippen molar-refractivity contribution in [2.24, 2.45) is 0 Å². The van der Waals surface area contributed by atoms with E-state index in [0.717, 1.165) is 17.3 Å². The Labute approximate surface area is 174 Å². The average Bonchev–Trinajstić information content (AvgIpc) is 2.72. The monoisotopic (exact) mass is 425 g/mol. The average molecular weight is 425 g/mol. The summed E-state index contributed by atoms with van der Waals surface area (Å²) in [5.74, 6) is -0.614. The molecule has 0 bridgehead atoms. The fraction of sp³-hybridized carbons (Fsp3) is 0.650. The van der Waals surface area contributed by atoms with Crippen molar-refractivity contribution in [2.45, 2.75) is 77.8 Å². The van der Waals surface area contributed by atoms with Crippen LogP contribution in [0.1, 0.15) is 66.6 Å². The van der Waals surface area contributed by atoms with Crippen LogP contribution in [0.5, 0.6) is 0 Å². The van der Waals surface area contributed by atoms with E-state index in [-0.39, 0.29) is 6.42 Å². The Bertz CT molecular complexity index is 827. The van der Waals surface area contributed by atoms with Crippen LogP contribution >= 0.6 is 0 Å². The summed E-state index contributed by atoms with van der Waals surface area (Å²) in [6.07, 6.45) is 0.244. The third kappa shape index (κ3) is 6.54. The minimum absolute atomic E-state index is 0.111. The van der Waals surface area contributed by atoms with Gasteiger partial charge >= 0.3 is 7.12 Å². The van der Waals surface area contributed by atoms with Crippen LogP contribution in [0.15, 0.2) is 24.3 Å². The highest BCUT2D eigenvalue weighted by Gasteiger charge is 2.51. The number of carbonyl (C=O) groups is 1. The van der Waals surface area contributed by atoms with Gasteiger partial charge in [0.15, 0.2) is 0 Å². The van der Waals surface area contributed by atoms with Crippen molar-refractivity contribution in [2.75, 3.05) is 6.26 Å². The normalized spacial score (nSPS) is 19.8. The van der Waals surface area contributed by atoms with E-state index in [1.165, 1.54) is 0 Å². The SMILES string of the molecule is CC(C)(C)OC(CC(=O)NS(C)(=O)=O)c1ccc(B2OC(C)(C)C(C)(C)O2)cc1. The molecule has 0 aliphatic carbocycles. The predicted octanol–water partition coefficient (Wildman–Crippen LogP) is 2.31. The third-order valence-electron chi connectivity index (χ3n) is 5.00. The molecule has 1 N–H and O–H groups in total. The van der Waals surface area contributed by atoms with Crippen molar-refractivity contribution in [1.82, 2.24) is 4.72 Å². The minimum Gasteiger partial charge on any atom is -0.399 e. The second-order valence-electron chi connectivity index (χ2n) is 9.48. The summed E-state index contributed by atoms with van der Waals surface area (Å²) in [6.45, 7) is 13.6. The molecule has 1 aliphatic heterocycles. The molecule has 0 spiro atoms. The van der Waals surface area contributed by atoms with Crippen LogP contribution in [0.25, 0.3) is 0 Å². The molecule has 0 aromatic heterocycles. The second-order valence-corrected chi connectivity index (χ2v) is 11.2. The number of hydrogen-bond donors (Lipinski definition) is 1. The van der Waals surface area contributed by atoms with Gasteiger partial charge in [-0.15, -0.1) is 0 Å². The van der Waals surface area contributed by atoms with Gasteiger partial charge in [0.2, 0.25) is 15.9 Å². The summed E-state index contributed by atoms with van der Waals surface area (Å²) in [5.41, 5.74) is 0.252. The van der Waals surface area contributed by atoms with E-state index >= 15 is 0 Å². The van der Waals surface area contributed by atoms with Crippen molar-refractivity contribution < 1.29 is 27.3 Å². The molecule has 1 aromatic rings. The van der Waals surface area contributed by atoms with Gasteiger partial charge in [0.25, 0.3) is 0 Å². The molecule has 1 aromatic carbocycles. The molecule has 1 unspecified atom stereocenters. The van der Waals surface area contributed by atoms with Gasteiger partial charge in [0.05, 0.1) is 35.6 Å². The molecule has 0 radical (unpaired) electrons. The van der Waals surface area contributed by atoms with Crippen LogP contribution < -0.4 is 10.2 Å². The van der Waals surface area contributed by atoms with Crippen molar-refractivity contribution in [3.63, 3.8) is 0 Å². The lowest BCUT2D eigenvalue weighted by atomic mass is 9.78. The zero-order chi connectivity index (χ0) is 22.3. The first kappa shape index (κ1) is 23.9. The number of carbonyl (C=O) groups excluding carboxylic acids is 1. The van der Waals surface area contributed by atoms with Gasteiger partial charge in [-0.1, -0.05) is 24.3 Å². The number of rotatable bonds is 6. The van der Waals surface area contributed by atoms with Crippen molar-refractivity contribution >= 4 is 28.5 Å². The third-order valence-corrected chi connectivity index (χ3v) is 5.60. The van der Waals surface area contributed by atoms with Gasteiger partial charge in [-0.05, 0) is 59.5 Å². The number of sulfonamides is 1. The second kappa shape index (κ2) is 8.02. The lowest BCUT2D eigenvalue weighted by Crippen LogP contribution is -2.41. The Morgan fingerprint density at radius 3 is 2.00 bits per heavy atom. The number of ether oxygens (including phenoxy) is 1. The van der Waals surface area contributed by atoms with Crippen LogP contribution in [-0.2, 0) is 28.9 Å². The molecule has 9 heteroatoms. The summed E-state index contributed by atoms with van der Waals surface area (Å²) >= 11 is 0. The Morgan fingerprint density at radius 2 is 1.59 bits per heavy atom. The summed E-state index contributed by atoms with van der Waals surface area (Å²) in [6, 6.07) is 7.46. The van der Waals surface area contributed by atoms with Crippen LogP contribution in [0.3, 0.4) is 0 Å². The summed E-state index contributed by atoms with van der Waals surface area (Å²) in [5, 5.41) is 0. The van der Waals surface area contributed by atoms with Crippen molar-refractivity contribution in [1.29, 1.82) is 0 Å². The summed E-state index contributed by atoms with van der Waals surface area (Å²) in [7, 11) is -4.10. The molecule has 1 fully saturated rings. The Balaban J connectivity index is 2.21. The Hall–Kier alpha value is -1.42. The van der Waals surface area contributed by atoms with E-state index in [1.54, 1.807) is 0 Å². The maximum absolute atomic E-state index is 12.1. The maximum Gasteiger partial charge on any atom is 0.494 e. The molecule has 1 amide bonds. The van der Waals surface area contributed by atoms with Crippen LogP contribution in [0, 0.1) is 0 Å². The molecule has 29 heavy (non-hydrogen) atoms. The Morgan fingerprint density at radius 1 is 1.10 bits per heavy atom. The van der Waals surface area contributed by atoms with Gasteiger partial charge in [0.1, 0.15) is 0 Å².